The van der Waals surface area contributed by atoms with E-state index in [2.05, 4.69) is 15.1 Å². The fourth-order valence-corrected chi connectivity index (χ4v) is 3.09. The highest BCUT2D eigenvalue weighted by molar-refractivity contribution is 5.91. The molecule has 2 aromatic heterocycles. The number of hydrazine groups is 2. The first-order valence-corrected chi connectivity index (χ1v) is 9.50. The van der Waals surface area contributed by atoms with Crippen molar-refractivity contribution in [2.24, 2.45) is 11.7 Å². The lowest BCUT2D eigenvalue weighted by molar-refractivity contribution is 0.216. The van der Waals surface area contributed by atoms with Crippen molar-refractivity contribution >= 4 is 22.6 Å². The largest absolute Gasteiger partial charge is 0.472 e. The van der Waals surface area contributed by atoms with Crippen LogP contribution in [0.1, 0.15) is 11.1 Å². The quantitative estimate of drug-likeness (QED) is 0.289. The second kappa shape index (κ2) is 8.38. The topological polar surface area (TPSA) is 128 Å². The van der Waals surface area contributed by atoms with E-state index in [1.807, 2.05) is 43.3 Å². The first-order chi connectivity index (χ1) is 14.9. The number of nitrogens with two attached hydrogens (primary N) is 2. The van der Waals surface area contributed by atoms with Crippen LogP contribution in [0.2, 0.25) is 0 Å². The smallest absolute Gasteiger partial charge is 0.352 e. The summed E-state index contributed by atoms with van der Waals surface area (Å²) < 4.78 is 7.41. The number of aryl methyl sites for hydroxylation is 1. The third-order valence-electron chi connectivity index (χ3n) is 4.76. The molecule has 0 saturated carbocycles. The van der Waals surface area contributed by atoms with Gasteiger partial charge in [-0.3, -0.25) is 5.01 Å². The van der Waals surface area contributed by atoms with Crippen molar-refractivity contribution in [3.63, 3.8) is 0 Å². The van der Waals surface area contributed by atoms with Crippen LogP contribution in [0.3, 0.4) is 0 Å². The summed E-state index contributed by atoms with van der Waals surface area (Å²) in [6, 6.07) is 14.3. The Morgan fingerprint density at radius 2 is 1.94 bits per heavy atom. The van der Waals surface area contributed by atoms with Crippen LogP contribution in [0.5, 0.6) is 5.88 Å². The number of anilines is 1. The fraction of sp³-hybridized carbons (Fsp3) is 0.143. The van der Waals surface area contributed by atoms with E-state index in [0.717, 1.165) is 32.0 Å². The van der Waals surface area contributed by atoms with Crippen LogP contribution in [-0.4, -0.2) is 37.8 Å². The second-order valence-electron chi connectivity index (χ2n) is 6.95. The van der Waals surface area contributed by atoms with Gasteiger partial charge in [0.1, 0.15) is 6.61 Å². The number of hydrogen-bond donors (Lipinski definition) is 2. The average molecular weight is 418 g/mol. The zero-order valence-electron chi connectivity index (χ0n) is 17.1. The molecule has 10 heteroatoms. The summed E-state index contributed by atoms with van der Waals surface area (Å²) in [6.45, 7) is 2.07. The van der Waals surface area contributed by atoms with Gasteiger partial charge in [-0.1, -0.05) is 30.3 Å². The molecule has 0 unspecified atom stereocenters. The van der Waals surface area contributed by atoms with E-state index in [1.54, 1.807) is 29.2 Å². The van der Waals surface area contributed by atoms with Gasteiger partial charge in [0, 0.05) is 36.5 Å². The van der Waals surface area contributed by atoms with E-state index in [-0.39, 0.29) is 6.61 Å². The number of ether oxygens (including phenoxy) is 1. The molecule has 2 aromatic carbocycles. The van der Waals surface area contributed by atoms with Gasteiger partial charge in [0.15, 0.2) is 0 Å². The normalized spacial score (nSPS) is 10.8. The molecule has 0 saturated heterocycles. The standard InChI is InChI=1S/C21H22N8O2/c1-14-6-5-9-18(29(23)21(30)27(2)22)16(14)13-31-19-10-11-28(26-19)20-24-12-15-7-3-4-8-17(15)25-20/h3-12H,13,22-23H2,1-2H3. The van der Waals surface area contributed by atoms with E-state index >= 15 is 0 Å². The number of benzene rings is 2. The lowest BCUT2D eigenvalue weighted by Crippen LogP contribution is -2.49. The third kappa shape index (κ3) is 4.15. The van der Waals surface area contributed by atoms with Gasteiger partial charge in [0.25, 0.3) is 5.95 Å². The van der Waals surface area contributed by atoms with Crippen molar-refractivity contribution in [1.29, 1.82) is 0 Å². The van der Waals surface area contributed by atoms with Crippen LogP contribution in [0.25, 0.3) is 16.9 Å². The maximum absolute atomic E-state index is 12.2. The summed E-state index contributed by atoms with van der Waals surface area (Å²) in [5, 5.41) is 7.26. The molecule has 4 rings (SSSR count). The Hall–Kier alpha value is -4.02. The van der Waals surface area contributed by atoms with Gasteiger partial charge in [0.2, 0.25) is 5.88 Å². The summed E-state index contributed by atoms with van der Waals surface area (Å²) in [6.07, 6.45) is 3.47. The number of para-hydroxylation sites is 1. The molecule has 4 N–H and O–H groups in total. The van der Waals surface area contributed by atoms with Gasteiger partial charge in [-0.25, -0.2) is 36.1 Å². The van der Waals surface area contributed by atoms with E-state index in [4.69, 9.17) is 16.4 Å². The fourth-order valence-electron chi connectivity index (χ4n) is 3.09. The van der Waals surface area contributed by atoms with Crippen molar-refractivity contribution in [3.05, 3.63) is 72.1 Å². The van der Waals surface area contributed by atoms with Crippen LogP contribution >= 0.6 is 0 Å². The molecule has 158 valence electrons. The number of nitrogens with zero attached hydrogens (tertiary/aromatic N) is 6. The average Bonchev–Trinajstić information content (AvgIpc) is 3.25. The monoisotopic (exact) mass is 418 g/mol. The maximum atomic E-state index is 12.2. The summed E-state index contributed by atoms with van der Waals surface area (Å²) in [7, 11) is 1.43. The minimum Gasteiger partial charge on any atom is -0.472 e. The molecule has 31 heavy (non-hydrogen) atoms. The molecule has 0 radical (unpaired) electrons. The highest BCUT2D eigenvalue weighted by Gasteiger charge is 2.19. The minimum absolute atomic E-state index is 0.160. The Balaban J connectivity index is 1.54. The number of hydrogen-bond acceptors (Lipinski definition) is 7. The number of aromatic nitrogens is 4. The Labute approximate surface area is 178 Å². The number of rotatable bonds is 5. The number of urea groups is 1. The van der Waals surface area contributed by atoms with Gasteiger partial charge in [-0.2, -0.15) is 0 Å². The van der Waals surface area contributed by atoms with Crippen molar-refractivity contribution in [2.45, 2.75) is 13.5 Å². The minimum atomic E-state index is -0.551. The van der Waals surface area contributed by atoms with E-state index < -0.39 is 6.03 Å². The molecule has 0 aliphatic carbocycles. The molecule has 0 bridgehead atoms. The first-order valence-electron chi connectivity index (χ1n) is 9.50. The van der Waals surface area contributed by atoms with Crippen LogP contribution < -0.4 is 21.4 Å². The number of carbonyl (C=O) groups is 1. The number of fused-ring (bicyclic) bond motifs is 1. The van der Waals surface area contributed by atoms with Crippen molar-refractivity contribution in [1.82, 2.24) is 24.8 Å². The number of carbonyl (C=O) groups excluding carboxylic acids is 1. The van der Waals surface area contributed by atoms with E-state index in [0.29, 0.717) is 17.5 Å². The third-order valence-corrected chi connectivity index (χ3v) is 4.76. The Bertz CT molecular complexity index is 1240. The van der Waals surface area contributed by atoms with Crippen LogP contribution in [0.4, 0.5) is 10.5 Å². The molecule has 0 aliphatic rings. The van der Waals surface area contributed by atoms with Crippen LogP contribution in [0, 0.1) is 6.92 Å². The van der Waals surface area contributed by atoms with Crippen molar-refractivity contribution in [2.75, 3.05) is 12.1 Å². The van der Waals surface area contributed by atoms with Crippen LogP contribution in [0.15, 0.2) is 60.9 Å². The highest BCUT2D eigenvalue weighted by Crippen LogP contribution is 2.24. The highest BCUT2D eigenvalue weighted by atomic mass is 16.5. The first kappa shape index (κ1) is 20.3. The Morgan fingerprint density at radius 1 is 1.13 bits per heavy atom. The van der Waals surface area contributed by atoms with E-state index in [9.17, 15) is 4.79 Å². The predicted octanol–water partition coefficient (Wildman–Crippen LogP) is 2.31. The molecule has 2 amide bonds. The lowest BCUT2D eigenvalue weighted by atomic mass is 10.1. The SMILES string of the molecule is Cc1cccc(N(N)C(=O)N(C)N)c1COc1ccn(-c2ncc3ccccc3n2)n1. The van der Waals surface area contributed by atoms with E-state index in [1.165, 1.54) is 7.05 Å². The molecular formula is C21H22N8O2. The predicted molar refractivity (Wildman–Crippen MR) is 116 cm³/mol. The van der Waals surface area contributed by atoms with Gasteiger partial charge >= 0.3 is 6.03 Å². The summed E-state index contributed by atoms with van der Waals surface area (Å²) in [5.74, 6) is 12.3. The van der Waals surface area contributed by atoms with Crippen molar-refractivity contribution in [3.8, 4) is 11.8 Å². The summed E-state index contributed by atoms with van der Waals surface area (Å²) in [4.78, 5) is 21.0. The molecule has 0 atom stereocenters. The van der Waals surface area contributed by atoms with Crippen LogP contribution in [-0.2, 0) is 6.61 Å². The van der Waals surface area contributed by atoms with Crippen molar-refractivity contribution < 1.29 is 9.53 Å². The zero-order valence-corrected chi connectivity index (χ0v) is 17.1. The van der Waals surface area contributed by atoms with Gasteiger partial charge in [-0.15, -0.1) is 5.10 Å². The number of amides is 2. The van der Waals surface area contributed by atoms with Gasteiger partial charge in [0.05, 0.1) is 11.2 Å². The van der Waals surface area contributed by atoms with Gasteiger partial charge < -0.3 is 4.74 Å². The molecule has 0 aliphatic heterocycles. The molecule has 4 aromatic rings. The molecule has 10 nitrogen and oxygen atoms in total. The molecule has 0 fully saturated rings. The molecule has 0 spiro atoms. The van der Waals surface area contributed by atoms with Gasteiger partial charge in [-0.05, 0) is 24.6 Å². The zero-order chi connectivity index (χ0) is 22.0. The maximum Gasteiger partial charge on any atom is 0.352 e. The lowest BCUT2D eigenvalue weighted by Gasteiger charge is -2.24. The second-order valence-corrected chi connectivity index (χ2v) is 6.95. The molecule has 2 heterocycles. The Morgan fingerprint density at radius 3 is 2.74 bits per heavy atom. The molecular weight excluding hydrogens is 396 g/mol. The summed E-state index contributed by atoms with van der Waals surface area (Å²) >= 11 is 0. The Kier molecular flexibility index (Phi) is 5.48. The summed E-state index contributed by atoms with van der Waals surface area (Å²) in [5.41, 5.74) is 2.99.